The van der Waals surface area contributed by atoms with Crippen molar-refractivity contribution in [3.63, 3.8) is 0 Å². The number of nitrogens with one attached hydrogen (secondary N) is 1. The van der Waals surface area contributed by atoms with E-state index in [-0.39, 0.29) is 0 Å². The van der Waals surface area contributed by atoms with Crippen LogP contribution in [0.15, 0.2) is 4.52 Å². The van der Waals surface area contributed by atoms with E-state index in [9.17, 15) is 0 Å². The maximum absolute atomic E-state index is 5.24. The second-order valence-corrected chi connectivity index (χ2v) is 5.30. The molecule has 2 heterocycles. The topological polar surface area (TPSA) is 63.8 Å². The van der Waals surface area contributed by atoms with Gasteiger partial charge >= 0.3 is 0 Å². The largest absolute Gasteiger partial charge is 0.370 e. The fourth-order valence-electron chi connectivity index (χ4n) is 2.74. The Hall–Kier alpha value is -1.91. The zero-order chi connectivity index (χ0) is 14.1. The number of anilines is 1. The molecule has 0 bridgehead atoms. The van der Waals surface area contributed by atoms with E-state index in [0.717, 1.165) is 60.9 Å². The van der Waals surface area contributed by atoms with Crippen LogP contribution in [0, 0.1) is 13.8 Å². The lowest BCUT2D eigenvalue weighted by Crippen LogP contribution is -2.08. The van der Waals surface area contributed by atoms with Gasteiger partial charge in [-0.15, -0.1) is 0 Å². The van der Waals surface area contributed by atoms with Crippen LogP contribution in [0.5, 0.6) is 0 Å². The SMILES string of the molecule is CCCNc1nc(-c2c(C)noc2C)nc2c1CCC2. The number of rotatable bonds is 4. The van der Waals surface area contributed by atoms with Gasteiger partial charge < -0.3 is 9.84 Å². The molecule has 0 aromatic carbocycles. The first-order valence-electron chi connectivity index (χ1n) is 7.27. The molecule has 0 aliphatic heterocycles. The van der Waals surface area contributed by atoms with Gasteiger partial charge in [-0.25, -0.2) is 9.97 Å². The molecule has 2 aromatic heterocycles. The minimum absolute atomic E-state index is 0.737. The molecule has 0 atom stereocenters. The number of nitrogens with zero attached hydrogens (tertiary/aromatic N) is 3. The lowest BCUT2D eigenvalue weighted by atomic mass is 10.1. The normalized spacial score (nSPS) is 13.6. The van der Waals surface area contributed by atoms with Crippen LogP contribution in [0.1, 0.15) is 42.5 Å². The number of hydrogen-bond acceptors (Lipinski definition) is 5. The molecule has 0 fully saturated rings. The van der Waals surface area contributed by atoms with Crippen LogP contribution in [0.25, 0.3) is 11.4 Å². The van der Waals surface area contributed by atoms with Crippen molar-refractivity contribution in [1.29, 1.82) is 0 Å². The van der Waals surface area contributed by atoms with Crippen LogP contribution < -0.4 is 5.32 Å². The number of aryl methyl sites for hydroxylation is 3. The molecule has 0 unspecified atom stereocenters. The van der Waals surface area contributed by atoms with E-state index in [0.29, 0.717) is 0 Å². The molecule has 0 amide bonds. The lowest BCUT2D eigenvalue weighted by molar-refractivity contribution is 0.393. The Morgan fingerprint density at radius 1 is 1.20 bits per heavy atom. The molecule has 0 spiro atoms. The van der Waals surface area contributed by atoms with Crippen molar-refractivity contribution in [2.45, 2.75) is 46.5 Å². The Balaban J connectivity index is 2.09. The summed E-state index contributed by atoms with van der Waals surface area (Å²) >= 11 is 0. The third-order valence-corrected chi connectivity index (χ3v) is 3.73. The van der Waals surface area contributed by atoms with Crippen molar-refractivity contribution in [2.24, 2.45) is 0 Å². The van der Waals surface area contributed by atoms with Gasteiger partial charge in [0.2, 0.25) is 0 Å². The van der Waals surface area contributed by atoms with Gasteiger partial charge in [0.1, 0.15) is 11.6 Å². The third kappa shape index (κ3) is 2.17. The van der Waals surface area contributed by atoms with E-state index >= 15 is 0 Å². The molecule has 1 aliphatic rings. The standard InChI is InChI=1S/C15H20N4O/c1-4-8-16-14-11-6-5-7-12(11)17-15(18-14)13-9(2)19-20-10(13)3/h4-8H2,1-3H3,(H,16,17,18). The van der Waals surface area contributed by atoms with Gasteiger partial charge in [-0.05, 0) is 39.5 Å². The monoisotopic (exact) mass is 272 g/mol. The van der Waals surface area contributed by atoms with Crippen molar-refractivity contribution < 1.29 is 4.52 Å². The molecule has 5 nitrogen and oxygen atoms in total. The van der Waals surface area contributed by atoms with Crippen LogP contribution in [-0.2, 0) is 12.8 Å². The summed E-state index contributed by atoms with van der Waals surface area (Å²) in [6.07, 6.45) is 4.35. The van der Waals surface area contributed by atoms with Crippen molar-refractivity contribution in [2.75, 3.05) is 11.9 Å². The number of aromatic nitrogens is 3. The second kappa shape index (κ2) is 5.23. The van der Waals surface area contributed by atoms with E-state index < -0.39 is 0 Å². The van der Waals surface area contributed by atoms with Gasteiger partial charge in [0.25, 0.3) is 0 Å². The first-order valence-corrected chi connectivity index (χ1v) is 7.27. The van der Waals surface area contributed by atoms with Gasteiger partial charge in [0, 0.05) is 17.8 Å². The second-order valence-electron chi connectivity index (χ2n) is 5.30. The quantitative estimate of drug-likeness (QED) is 0.926. The third-order valence-electron chi connectivity index (χ3n) is 3.73. The molecular weight excluding hydrogens is 252 g/mol. The van der Waals surface area contributed by atoms with Crippen LogP contribution >= 0.6 is 0 Å². The molecule has 106 valence electrons. The molecule has 2 aromatic rings. The predicted molar refractivity (Wildman–Crippen MR) is 77.8 cm³/mol. The highest BCUT2D eigenvalue weighted by molar-refractivity contribution is 5.64. The van der Waals surface area contributed by atoms with E-state index in [2.05, 4.69) is 17.4 Å². The Bertz CT molecular complexity index is 614. The number of hydrogen-bond donors (Lipinski definition) is 1. The van der Waals surface area contributed by atoms with Crippen LogP contribution in [0.2, 0.25) is 0 Å². The summed E-state index contributed by atoms with van der Waals surface area (Å²) in [5.41, 5.74) is 4.24. The lowest BCUT2D eigenvalue weighted by Gasteiger charge is -2.11. The summed E-state index contributed by atoms with van der Waals surface area (Å²) in [6.45, 7) is 6.93. The van der Waals surface area contributed by atoms with Gasteiger partial charge in [-0.3, -0.25) is 0 Å². The smallest absolute Gasteiger partial charge is 0.167 e. The maximum Gasteiger partial charge on any atom is 0.167 e. The van der Waals surface area contributed by atoms with Crippen LogP contribution in [0.4, 0.5) is 5.82 Å². The molecule has 1 N–H and O–H groups in total. The highest BCUT2D eigenvalue weighted by Gasteiger charge is 2.22. The summed E-state index contributed by atoms with van der Waals surface area (Å²) in [6, 6.07) is 0. The summed E-state index contributed by atoms with van der Waals surface area (Å²) in [5, 5.41) is 7.44. The van der Waals surface area contributed by atoms with Gasteiger partial charge in [-0.1, -0.05) is 12.1 Å². The van der Waals surface area contributed by atoms with Crippen molar-refractivity contribution >= 4 is 5.82 Å². The Labute approximate surface area is 118 Å². The summed E-state index contributed by atoms with van der Waals surface area (Å²) in [5.74, 6) is 2.51. The highest BCUT2D eigenvalue weighted by atomic mass is 16.5. The van der Waals surface area contributed by atoms with Crippen LogP contribution in [-0.4, -0.2) is 21.7 Å². The van der Waals surface area contributed by atoms with Crippen molar-refractivity contribution in [3.05, 3.63) is 22.7 Å². The first-order chi connectivity index (χ1) is 9.70. The molecule has 0 radical (unpaired) electrons. The average molecular weight is 272 g/mol. The maximum atomic E-state index is 5.24. The fraction of sp³-hybridized carbons (Fsp3) is 0.533. The molecule has 1 aliphatic carbocycles. The van der Waals surface area contributed by atoms with E-state index in [1.54, 1.807) is 0 Å². The zero-order valence-corrected chi connectivity index (χ0v) is 12.3. The zero-order valence-electron chi connectivity index (χ0n) is 12.3. The summed E-state index contributed by atoms with van der Waals surface area (Å²) < 4.78 is 5.24. The Morgan fingerprint density at radius 3 is 2.75 bits per heavy atom. The molecule has 5 heteroatoms. The number of fused-ring (bicyclic) bond motifs is 1. The fourth-order valence-corrected chi connectivity index (χ4v) is 2.74. The Morgan fingerprint density at radius 2 is 2.05 bits per heavy atom. The summed E-state index contributed by atoms with van der Waals surface area (Å²) in [7, 11) is 0. The molecule has 20 heavy (non-hydrogen) atoms. The van der Waals surface area contributed by atoms with E-state index in [1.165, 1.54) is 11.3 Å². The van der Waals surface area contributed by atoms with Crippen molar-refractivity contribution in [1.82, 2.24) is 15.1 Å². The molecule has 3 rings (SSSR count). The van der Waals surface area contributed by atoms with Gasteiger partial charge in [0.05, 0.1) is 11.3 Å². The highest BCUT2D eigenvalue weighted by Crippen LogP contribution is 2.31. The van der Waals surface area contributed by atoms with Crippen molar-refractivity contribution in [3.8, 4) is 11.4 Å². The molecule has 0 saturated heterocycles. The minimum Gasteiger partial charge on any atom is -0.370 e. The van der Waals surface area contributed by atoms with Gasteiger partial charge in [-0.2, -0.15) is 0 Å². The van der Waals surface area contributed by atoms with E-state index in [4.69, 9.17) is 14.5 Å². The van der Waals surface area contributed by atoms with Gasteiger partial charge in [0.15, 0.2) is 5.82 Å². The molecular formula is C15H20N4O. The van der Waals surface area contributed by atoms with E-state index in [1.807, 2.05) is 13.8 Å². The predicted octanol–water partition coefficient (Wildman–Crippen LogP) is 3.06. The minimum atomic E-state index is 0.737. The average Bonchev–Trinajstić information content (AvgIpc) is 3.02. The Kier molecular flexibility index (Phi) is 3.42. The first kappa shape index (κ1) is 13.1. The summed E-state index contributed by atoms with van der Waals surface area (Å²) in [4.78, 5) is 9.46. The van der Waals surface area contributed by atoms with Crippen LogP contribution in [0.3, 0.4) is 0 Å². The molecule has 0 saturated carbocycles.